The number of piperidine rings is 1. The minimum Gasteiger partial charge on any atom is -0.444 e. The summed E-state index contributed by atoms with van der Waals surface area (Å²) in [4.78, 5) is 14.5. The van der Waals surface area contributed by atoms with Gasteiger partial charge in [-0.05, 0) is 64.2 Å². The summed E-state index contributed by atoms with van der Waals surface area (Å²) >= 11 is 0. The first-order valence-electron chi connectivity index (χ1n) is 9.21. The first-order chi connectivity index (χ1) is 11.9. The topological polar surface area (TPSA) is 50.8 Å². The molecule has 2 unspecified atom stereocenters. The Hall–Kier alpha value is -1.75. The summed E-state index contributed by atoms with van der Waals surface area (Å²) in [7, 11) is 1.71. The van der Waals surface area contributed by atoms with Gasteiger partial charge in [0.2, 0.25) is 0 Å². The number of amides is 1. The van der Waals surface area contributed by atoms with E-state index in [1.54, 1.807) is 7.11 Å². The molecule has 2 fully saturated rings. The molecule has 2 atom stereocenters. The molecule has 2 saturated heterocycles. The Balaban J connectivity index is 1.59. The van der Waals surface area contributed by atoms with Crippen molar-refractivity contribution in [2.45, 2.75) is 76.8 Å². The fourth-order valence-electron chi connectivity index (χ4n) is 4.01. The van der Waals surface area contributed by atoms with Crippen LogP contribution >= 0.6 is 0 Å². The molecule has 2 bridgehead atoms. The maximum Gasteiger partial charge on any atom is 0.410 e. The number of hydrogen-bond donors (Lipinski definition) is 1. The Morgan fingerprint density at radius 3 is 2.28 bits per heavy atom. The van der Waals surface area contributed by atoms with Crippen LogP contribution in [-0.2, 0) is 16.1 Å². The van der Waals surface area contributed by atoms with Crippen LogP contribution in [0.15, 0.2) is 24.3 Å². The van der Waals surface area contributed by atoms with Crippen molar-refractivity contribution in [1.29, 1.82) is 0 Å². The highest BCUT2D eigenvalue weighted by Crippen LogP contribution is 2.37. The predicted octanol–water partition coefficient (Wildman–Crippen LogP) is 4.18. The summed E-state index contributed by atoms with van der Waals surface area (Å²) in [6, 6.07) is 9.39. The van der Waals surface area contributed by atoms with Gasteiger partial charge in [0.1, 0.15) is 5.60 Å². The Bertz CT molecular complexity index is 580. The molecule has 2 aliphatic rings. The van der Waals surface area contributed by atoms with Crippen molar-refractivity contribution in [2.24, 2.45) is 0 Å². The number of rotatable bonds is 4. The molecule has 5 heteroatoms. The highest BCUT2D eigenvalue weighted by atomic mass is 16.6. The number of carbonyl (C=O) groups excluding carboxylic acids is 1. The first-order valence-corrected chi connectivity index (χ1v) is 9.21. The van der Waals surface area contributed by atoms with E-state index in [0.717, 1.165) is 31.4 Å². The van der Waals surface area contributed by atoms with E-state index < -0.39 is 5.60 Å². The van der Waals surface area contributed by atoms with Gasteiger partial charge in [0, 0.05) is 30.9 Å². The summed E-state index contributed by atoms with van der Waals surface area (Å²) < 4.78 is 10.8. The van der Waals surface area contributed by atoms with Crippen LogP contribution in [0.4, 0.5) is 10.5 Å². The lowest BCUT2D eigenvalue weighted by molar-refractivity contribution is 0.00684. The molecule has 1 aromatic carbocycles. The molecule has 1 aromatic rings. The predicted molar refractivity (Wildman–Crippen MR) is 98.7 cm³/mol. The van der Waals surface area contributed by atoms with Gasteiger partial charge in [0.25, 0.3) is 0 Å². The summed E-state index contributed by atoms with van der Waals surface area (Å²) in [6.45, 7) is 6.41. The van der Waals surface area contributed by atoms with Crippen LogP contribution in [0.2, 0.25) is 0 Å². The van der Waals surface area contributed by atoms with Crippen LogP contribution in [0.5, 0.6) is 0 Å². The third-order valence-electron chi connectivity index (χ3n) is 4.97. The van der Waals surface area contributed by atoms with Crippen LogP contribution in [-0.4, -0.2) is 41.8 Å². The van der Waals surface area contributed by atoms with Crippen molar-refractivity contribution < 1.29 is 14.3 Å². The second-order valence-corrected chi connectivity index (χ2v) is 8.22. The van der Waals surface area contributed by atoms with Gasteiger partial charge in [-0.15, -0.1) is 0 Å². The van der Waals surface area contributed by atoms with Gasteiger partial charge in [-0.1, -0.05) is 12.1 Å². The molecule has 0 aromatic heterocycles. The minimum absolute atomic E-state index is 0.151. The van der Waals surface area contributed by atoms with Crippen LogP contribution in [0.25, 0.3) is 0 Å². The lowest BCUT2D eigenvalue weighted by atomic mass is 9.97. The number of carbonyl (C=O) groups is 1. The fraction of sp³-hybridized carbons (Fsp3) is 0.650. The summed E-state index contributed by atoms with van der Waals surface area (Å²) in [5.74, 6) is 0. The van der Waals surface area contributed by atoms with E-state index in [0.29, 0.717) is 24.7 Å². The maximum atomic E-state index is 12.5. The molecule has 0 saturated carbocycles. The summed E-state index contributed by atoms with van der Waals surface area (Å²) in [5.41, 5.74) is 1.87. The van der Waals surface area contributed by atoms with Gasteiger partial charge in [-0.2, -0.15) is 0 Å². The summed E-state index contributed by atoms with van der Waals surface area (Å²) in [6.07, 6.45) is 3.97. The van der Waals surface area contributed by atoms with Crippen molar-refractivity contribution in [2.75, 3.05) is 12.4 Å². The molecule has 25 heavy (non-hydrogen) atoms. The number of fused-ring (bicyclic) bond motifs is 2. The first kappa shape index (κ1) is 18.1. The van der Waals surface area contributed by atoms with E-state index in [2.05, 4.69) is 29.6 Å². The third-order valence-corrected chi connectivity index (χ3v) is 4.97. The van der Waals surface area contributed by atoms with Gasteiger partial charge < -0.3 is 19.7 Å². The smallest absolute Gasteiger partial charge is 0.410 e. The second kappa shape index (κ2) is 7.24. The van der Waals surface area contributed by atoms with Gasteiger partial charge >= 0.3 is 6.09 Å². The molecule has 0 aliphatic carbocycles. The zero-order chi connectivity index (χ0) is 18.0. The third kappa shape index (κ3) is 4.46. The second-order valence-electron chi connectivity index (χ2n) is 8.22. The Morgan fingerprint density at radius 1 is 1.16 bits per heavy atom. The Morgan fingerprint density at radius 2 is 1.76 bits per heavy atom. The number of nitrogens with zero attached hydrogens (tertiary/aromatic N) is 1. The van der Waals surface area contributed by atoms with Crippen LogP contribution in [0.1, 0.15) is 52.0 Å². The number of anilines is 1. The molecule has 1 N–H and O–H groups in total. The van der Waals surface area contributed by atoms with Gasteiger partial charge in [-0.3, -0.25) is 0 Å². The number of methoxy groups -OCH3 is 1. The maximum absolute atomic E-state index is 12.5. The lowest BCUT2D eigenvalue weighted by Crippen LogP contribution is -2.51. The zero-order valence-electron chi connectivity index (χ0n) is 15.7. The molecular weight excluding hydrogens is 316 g/mol. The molecule has 5 nitrogen and oxygen atoms in total. The zero-order valence-corrected chi connectivity index (χ0v) is 15.7. The van der Waals surface area contributed by atoms with Crippen LogP contribution < -0.4 is 5.32 Å². The van der Waals surface area contributed by atoms with Crippen molar-refractivity contribution in [3.8, 4) is 0 Å². The van der Waals surface area contributed by atoms with Gasteiger partial charge in [-0.25, -0.2) is 4.79 Å². The summed E-state index contributed by atoms with van der Waals surface area (Å²) in [5, 5.41) is 3.64. The van der Waals surface area contributed by atoms with Crippen LogP contribution in [0, 0.1) is 0 Å². The molecule has 0 radical (unpaired) electrons. The highest BCUT2D eigenvalue weighted by Gasteiger charge is 2.44. The molecule has 2 aliphatic heterocycles. The van der Waals surface area contributed by atoms with E-state index in [1.165, 1.54) is 5.56 Å². The van der Waals surface area contributed by atoms with Crippen molar-refractivity contribution in [1.82, 2.24) is 4.90 Å². The standard InChI is InChI=1S/C20H30N2O3/c1-20(2,3)25-19(23)22-17-9-10-18(22)12-16(11-17)21-15-7-5-14(6-8-15)13-24-4/h5-8,16-18,21H,9-13H2,1-4H3. The molecule has 1 amide bonds. The number of ether oxygens (including phenoxy) is 2. The molecular formula is C20H30N2O3. The van der Waals surface area contributed by atoms with Gasteiger partial charge in [0.05, 0.1) is 6.61 Å². The fourth-order valence-corrected chi connectivity index (χ4v) is 4.01. The molecule has 2 heterocycles. The van der Waals surface area contributed by atoms with E-state index in [-0.39, 0.29) is 6.09 Å². The number of nitrogens with one attached hydrogen (secondary N) is 1. The van der Waals surface area contributed by atoms with E-state index >= 15 is 0 Å². The minimum atomic E-state index is -0.435. The van der Waals surface area contributed by atoms with Crippen molar-refractivity contribution in [3.05, 3.63) is 29.8 Å². The normalized spacial score (nSPS) is 25.8. The van der Waals surface area contributed by atoms with E-state index in [4.69, 9.17) is 9.47 Å². The largest absolute Gasteiger partial charge is 0.444 e. The SMILES string of the molecule is COCc1ccc(NC2CC3CCC(C2)N3C(=O)OC(C)(C)C)cc1. The van der Waals surface area contributed by atoms with E-state index in [1.807, 2.05) is 25.7 Å². The quantitative estimate of drug-likeness (QED) is 0.889. The van der Waals surface area contributed by atoms with Gasteiger partial charge in [0.15, 0.2) is 0 Å². The van der Waals surface area contributed by atoms with Crippen molar-refractivity contribution >= 4 is 11.8 Å². The lowest BCUT2D eigenvalue weighted by Gasteiger charge is -2.40. The monoisotopic (exact) mass is 346 g/mol. The van der Waals surface area contributed by atoms with E-state index in [9.17, 15) is 4.79 Å². The number of benzene rings is 1. The number of hydrogen-bond acceptors (Lipinski definition) is 4. The molecule has 3 rings (SSSR count). The Kier molecular flexibility index (Phi) is 5.23. The van der Waals surface area contributed by atoms with Crippen molar-refractivity contribution in [3.63, 3.8) is 0 Å². The molecule has 138 valence electrons. The average molecular weight is 346 g/mol. The highest BCUT2D eigenvalue weighted by molar-refractivity contribution is 5.69. The van der Waals surface area contributed by atoms with Crippen LogP contribution in [0.3, 0.4) is 0 Å². The average Bonchev–Trinajstić information content (AvgIpc) is 2.80. The molecule has 0 spiro atoms. The Labute approximate surface area is 150 Å².